The van der Waals surface area contributed by atoms with Gasteiger partial charge >= 0.3 is 0 Å². The molecule has 0 radical (unpaired) electrons. The van der Waals surface area contributed by atoms with Crippen molar-refractivity contribution in [2.24, 2.45) is 11.8 Å². The highest BCUT2D eigenvalue weighted by molar-refractivity contribution is 5.73. The van der Waals surface area contributed by atoms with Crippen LogP contribution in [0.3, 0.4) is 0 Å². The minimum Gasteiger partial charge on any atom is -0.392 e. The molecule has 1 amide bonds. The molecule has 2 fully saturated rings. The quantitative estimate of drug-likeness (QED) is 0.766. The topological polar surface area (TPSA) is 55.8 Å². The number of nitrogens with zero attached hydrogens (tertiary/aromatic N) is 2. The van der Waals surface area contributed by atoms with Crippen LogP contribution in [0.2, 0.25) is 0 Å². The first kappa shape index (κ1) is 17.7. The van der Waals surface area contributed by atoms with Crippen molar-refractivity contribution < 1.29 is 9.90 Å². The van der Waals surface area contributed by atoms with Crippen LogP contribution in [0.4, 0.5) is 0 Å². The molecule has 5 heteroatoms. The SMILES string of the molecule is CC(=O)N1CCC(CNCC2CCN(C[C@@H](C)O)CC2)CC1. The fraction of sp³-hybridized carbons (Fsp3) is 0.941. The van der Waals surface area contributed by atoms with Gasteiger partial charge in [-0.3, -0.25) is 4.79 Å². The Balaban J connectivity index is 1.54. The van der Waals surface area contributed by atoms with Crippen LogP contribution >= 0.6 is 0 Å². The first-order valence-electron chi connectivity index (χ1n) is 8.91. The third-order valence-electron chi connectivity index (χ3n) is 5.16. The van der Waals surface area contributed by atoms with Crippen LogP contribution in [0.5, 0.6) is 0 Å². The van der Waals surface area contributed by atoms with Gasteiger partial charge in [0.05, 0.1) is 6.10 Å². The van der Waals surface area contributed by atoms with Gasteiger partial charge in [-0.25, -0.2) is 0 Å². The van der Waals surface area contributed by atoms with Gasteiger partial charge in [0.2, 0.25) is 5.91 Å². The number of likely N-dealkylation sites (tertiary alicyclic amines) is 2. The van der Waals surface area contributed by atoms with Crippen molar-refractivity contribution in [3.8, 4) is 0 Å². The van der Waals surface area contributed by atoms with Gasteiger partial charge < -0.3 is 20.2 Å². The fourth-order valence-corrected chi connectivity index (χ4v) is 3.69. The van der Waals surface area contributed by atoms with Crippen LogP contribution in [0.15, 0.2) is 0 Å². The Morgan fingerprint density at radius 1 is 1.09 bits per heavy atom. The van der Waals surface area contributed by atoms with E-state index in [1.54, 1.807) is 6.92 Å². The van der Waals surface area contributed by atoms with Crippen LogP contribution in [-0.4, -0.2) is 72.7 Å². The summed E-state index contributed by atoms with van der Waals surface area (Å²) in [6.45, 7) is 10.7. The third-order valence-corrected chi connectivity index (χ3v) is 5.16. The van der Waals surface area contributed by atoms with Crippen molar-refractivity contribution in [3.05, 3.63) is 0 Å². The third kappa shape index (κ3) is 5.86. The number of hydrogen-bond acceptors (Lipinski definition) is 4. The minimum absolute atomic E-state index is 0.212. The summed E-state index contributed by atoms with van der Waals surface area (Å²) in [5.41, 5.74) is 0. The molecule has 0 aromatic rings. The molecule has 128 valence electrons. The molecule has 0 saturated carbocycles. The zero-order valence-corrected chi connectivity index (χ0v) is 14.3. The molecule has 0 spiro atoms. The maximum atomic E-state index is 11.3. The van der Waals surface area contributed by atoms with E-state index < -0.39 is 0 Å². The zero-order valence-electron chi connectivity index (χ0n) is 14.3. The van der Waals surface area contributed by atoms with Crippen molar-refractivity contribution in [1.82, 2.24) is 15.1 Å². The van der Waals surface area contributed by atoms with Crippen LogP contribution in [0.1, 0.15) is 39.5 Å². The highest BCUT2D eigenvalue weighted by Gasteiger charge is 2.22. The normalized spacial score (nSPS) is 23.7. The maximum Gasteiger partial charge on any atom is 0.219 e. The monoisotopic (exact) mass is 311 g/mol. The van der Waals surface area contributed by atoms with E-state index in [1.165, 1.54) is 12.8 Å². The molecule has 2 aliphatic rings. The van der Waals surface area contributed by atoms with Gasteiger partial charge in [-0.2, -0.15) is 0 Å². The average Bonchev–Trinajstić information content (AvgIpc) is 2.49. The summed E-state index contributed by atoms with van der Waals surface area (Å²) in [5.74, 6) is 1.73. The molecular weight excluding hydrogens is 278 g/mol. The number of carbonyl (C=O) groups is 1. The Bertz CT molecular complexity index is 333. The molecule has 2 rings (SSSR count). The van der Waals surface area contributed by atoms with Gasteiger partial charge in [0.25, 0.3) is 0 Å². The Hall–Kier alpha value is -0.650. The second kappa shape index (κ2) is 8.85. The molecule has 2 saturated heterocycles. The molecule has 2 aliphatic heterocycles. The molecule has 2 heterocycles. The van der Waals surface area contributed by atoms with Crippen LogP contribution in [0.25, 0.3) is 0 Å². The fourth-order valence-electron chi connectivity index (χ4n) is 3.69. The van der Waals surface area contributed by atoms with Gasteiger partial charge in [0.15, 0.2) is 0 Å². The minimum atomic E-state index is -0.212. The number of carbonyl (C=O) groups excluding carboxylic acids is 1. The van der Waals surface area contributed by atoms with Crippen LogP contribution < -0.4 is 5.32 Å². The molecule has 0 aromatic heterocycles. The molecule has 0 aliphatic carbocycles. The van der Waals surface area contributed by atoms with E-state index in [-0.39, 0.29) is 12.0 Å². The zero-order chi connectivity index (χ0) is 15.9. The first-order chi connectivity index (χ1) is 10.5. The summed E-state index contributed by atoms with van der Waals surface area (Å²) >= 11 is 0. The smallest absolute Gasteiger partial charge is 0.219 e. The number of hydrogen-bond donors (Lipinski definition) is 2. The Kier molecular flexibility index (Phi) is 7.12. The summed E-state index contributed by atoms with van der Waals surface area (Å²) in [4.78, 5) is 15.7. The Morgan fingerprint density at radius 2 is 1.59 bits per heavy atom. The van der Waals surface area contributed by atoms with E-state index >= 15 is 0 Å². The second-order valence-corrected chi connectivity index (χ2v) is 7.20. The second-order valence-electron chi connectivity index (χ2n) is 7.20. The number of amides is 1. The number of β-amino-alcohol motifs (C(OH)–C–C–N with tert-alkyl or cyclic N) is 1. The lowest BCUT2D eigenvalue weighted by molar-refractivity contribution is -0.130. The maximum absolute atomic E-state index is 11.3. The van der Waals surface area contributed by atoms with Crippen molar-refractivity contribution >= 4 is 5.91 Å². The lowest BCUT2D eigenvalue weighted by atomic mass is 9.94. The molecular formula is C17H33N3O2. The van der Waals surface area contributed by atoms with Gasteiger partial charge in [-0.15, -0.1) is 0 Å². The summed E-state index contributed by atoms with van der Waals surface area (Å²) in [5, 5.41) is 13.1. The molecule has 1 atom stereocenters. The predicted octanol–water partition coefficient (Wildman–Crippen LogP) is 0.927. The first-order valence-corrected chi connectivity index (χ1v) is 8.91. The largest absolute Gasteiger partial charge is 0.392 e. The Labute approximate surface area is 135 Å². The molecule has 0 unspecified atom stereocenters. The summed E-state index contributed by atoms with van der Waals surface area (Å²) in [6, 6.07) is 0. The highest BCUT2D eigenvalue weighted by Crippen LogP contribution is 2.18. The number of piperidine rings is 2. The van der Waals surface area contributed by atoms with Crippen LogP contribution in [0, 0.1) is 11.8 Å². The van der Waals surface area contributed by atoms with E-state index in [9.17, 15) is 9.90 Å². The van der Waals surface area contributed by atoms with E-state index in [2.05, 4.69) is 10.2 Å². The van der Waals surface area contributed by atoms with E-state index in [4.69, 9.17) is 0 Å². The lowest BCUT2D eigenvalue weighted by Gasteiger charge is -2.34. The van der Waals surface area contributed by atoms with E-state index in [0.29, 0.717) is 0 Å². The summed E-state index contributed by atoms with van der Waals surface area (Å²) in [7, 11) is 0. The number of aliphatic hydroxyl groups excluding tert-OH is 1. The Morgan fingerprint density at radius 3 is 2.05 bits per heavy atom. The number of rotatable bonds is 6. The summed E-state index contributed by atoms with van der Waals surface area (Å²) < 4.78 is 0. The van der Waals surface area contributed by atoms with Gasteiger partial charge in [0, 0.05) is 26.6 Å². The van der Waals surface area contributed by atoms with Crippen molar-refractivity contribution in [2.75, 3.05) is 45.8 Å². The van der Waals surface area contributed by atoms with Gasteiger partial charge in [-0.1, -0.05) is 0 Å². The molecule has 2 N–H and O–H groups in total. The molecule has 0 bridgehead atoms. The van der Waals surface area contributed by atoms with Crippen LogP contribution in [-0.2, 0) is 4.79 Å². The van der Waals surface area contributed by atoms with Gasteiger partial charge in [0.1, 0.15) is 0 Å². The van der Waals surface area contributed by atoms with Crippen molar-refractivity contribution in [3.63, 3.8) is 0 Å². The van der Waals surface area contributed by atoms with E-state index in [0.717, 1.165) is 70.5 Å². The molecule has 0 aromatic carbocycles. The number of nitrogens with one attached hydrogen (secondary N) is 1. The van der Waals surface area contributed by atoms with Crippen molar-refractivity contribution in [1.29, 1.82) is 0 Å². The molecule has 5 nitrogen and oxygen atoms in total. The molecule has 22 heavy (non-hydrogen) atoms. The highest BCUT2D eigenvalue weighted by atomic mass is 16.3. The average molecular weight is 311 g/mol. The summed E-state index contributed by atoms with van der Waals surface area (Å²) in [6.07, 6.45) is 4.54. The lowest BCUT2D eigenvalue weighted by Crippen LogP contribution is -2.42. The number of aliphatic hydroxyl groups is 1. The van der Waals surface area contributed by atoms with Crippen molar-refractivity contribution in [2.45, 2.75) is 45.6 Å². The predicted molar refractivity (Wildman–Crippen MR) is 88.7 cm³/mol. The standard InChI is InChI=1S/C17H33N3O2/c1-14(21)13-19-7-3-16(4-8-19)11-18-12-17-5-9-20(10-6-17)15(2)22/h14,16-18,21H,3-13H2,1-2H3/t14-/m1/s1. The van der Waals surface area contributed by atoms with Gasteiger partial charge in [-0.05, 0) is 70.6 Å². The van der Waals surface area contributed by atoms with E-state index in [1.807, 2.05) is 11.8 Å².